The Kier molecular flexibility index (Phi) is 2.69. The topological polar surface area (TPSA) is 74.8 Å². The third-order valence-corrected chi connectivity index (χ3v) is 1.61. The van der Waals surface area contributed by atoms with E-state index in [1.807, 2.05) is 0 Å². The van der Waals surface area contributed by atoms with Gasteiger partial charge in [0, 0.05) is 12.6 Å². The molecule has 5 nitrogen and oxygen atoms in total. The highest BCUT2D eigenvalue weighted by atomic mass is 16.4. The van der Waals surface area contributed by atoms with E-state index >= 15 is 0 Å². The molecule has 1 heterocycles. The van der Waals surface area contributed by atoms with Gasteiger partial charge < -0.3 is 10.3 Å². The van der Waals surface area contributed by atoms with Crippen molar-refractivity contribution in [3.63, 3.8) is 0 Å². The second-order valence-corrected chi connectivity index (χ2v) is 2.43. The standard InChI is InChI=1S/C8H10N2O3/c1-2-7(12)10-5-3-4-6(11)8(10)9-13/h3-5,11,13H,2H2,1H3/b9-8-. The first-order chi connectivity index (χ1) is 6.20. The van der Waals surface area contributed by atoms with Crippen molar-refractivity contribution in [2.75, 3.05) is 0 Å². The Bertz CT molecular complexity index is 381. The van der Waals surface area contributed by atoms with Gasteiger partial charge in [-0.05, 0) is 12.1 Å². The number of rotatable bonds is 1. The molecule has 0 bridgehead atoms. The van der Waals surface area contributed by atoms with Crippen LogP contribution in [0.3, 0.4) is 0 Å². The zero-order valence-corrected chi connectivity index (χ0v) is 7.14. The molecule has 0 unspecified atom stereocenters. The monoisotopic (exact) mass is 182 g/mol. The molecule has 2 N–H and O–H groups in total. The minimum atomic E-state index is -0.247. The first-order valence-electron chi connectivity index (χ1n) is 3.82. The van der Waals surface area contributed by atoms with Crippen LogP contribution in [0.15, 0.2) is 23.5 Å². The third kappa shape index (κ3) is 1.69. The molecule has 1 aromatic rings. The van der Waals surface area contributed by atoms with Crippen LogP contribution in [0.1, 0.15) is 18.1 Å². The average Bonchev–Trinajstić information content (AvgIpc) is 2.16. The van der Waals surface area contributed by atoms with Gasteiger partial charge in [-0.25, -0.2) is 0 Å². The van der Waals surface area contributed by atoms with Crippen LogP contribution in [0.25, 0.3) is 0 Å². The Morgan fingerprint density at radius 1 is 1.69 bits per heavy atom. The molecule has 0 spiro atoms. The summed E-state index contributed by atoms with van der Waals surface area (Å²) in [6.45, 7) is 1.68. The summed E-state index contributed by atoms with van der Waals surface area (Å²) < 4.78 is 1.09. The lowest BCUT2D eigenvalue weighted by molar-refractivity contribution is 0.0897. The van der Waals surface area contributed by atoms with Gasteiger partial charge in [0.05, 0.1) is 0 Å². The Morgan fingerprint density at radius 3 is 2.92 bits per heavy atom. The summed E-state index contributed by atoms with van der Waals surface area (Å²) in [6, 6.07) is 2.84. The predicted molar refractivity (Wildman–Crippen MR) is 44.4 cm³/mol. The van der Waals surface area contributed by atoms with E-state index in [0.717, 1.165) is 4.57 Å². The lowest BCUT2D eigenvalue weighted by Gasteiger charge is -2.03. The van der Waals surface area contributed by atoms with Crippen LogP contribution in [0.2, 0.25) is 0 Å². The number of aromatic hydroxyl groups is 1. The fourth-order valence-electron chi connectivity index (χ4n) is 0.960. The quantitative estimate of drug-likeness (QED) is 0.491. The van der Waals surface area contributed by atoms with Gasteiger partial charge >= 0.3 is 0 Å². The van der Waals surface area contributed by atoms with Crippen LogP contribution in [0.4, 0.5) is 0 Å². The number of hydrogen-bond donors (Lipinski definition) is 2. The number of hydrogen-bond acceptors (Lipinski definition) is 4. The maximum Gasteiger partial charge on any atom is 0.232 e. The highest BCUT2D eigenvalue weighted by Crippen LogP contribution is 1.98. The van der Waals surface area contributed by atoms with Crippen LogP contribution in [-0.4, -0.2) is 20.8 Å². The molecule has 0 amide bonds. The Hall–Kier alpha value is -1.78. The summed E-state index contributed by atoms with van der Waals surface area (Å²) >= 11 is 0. The van der Waals surface area contributed by atoms with E-state index in [-0.39, 0.29) is 23.6 Å². The molecule has 0 saturated heterocycles. The van der Waals surface area contributed by atoms with Crippen molar-refractivity contribution < 1.29 is 15.1 Å². The van der Waals surface area contributed by atoms with Gasteiger partial charge in [0.15, 0.2) is 5.75 Å². The molecular formula is C8H10N2O3. The molecule has 1 rings (SSSR count). The minimum Gasteiger partial charge on any atom is -0.504 e. The fraction of sp³-hybridized carbons (Fsp3) is 0.250. The molecule has 0 aliphatic heterocycles. The van der Waals surface area contributed by atoms with Crippen molar-refractivity contribution in [2.45, 2.75) is 13.3 Å². The lowest BCUT2D eigenvalue weighted by Crippen LogP contribution is -2.26. The van der Waals surface area contributed by atoms with E-state index < -0.39 is 0 Å². The van der Waals surface area contributed by atoms with Crippen LogP contribution >= 0.6 is 0 Å². The Balaban J connectivity index is 3.38. The molecule has 0 radical (unpaired) electrons. The second-order valence-electron chi connectivity index (χ2n) is 2.43. The third-order valence-electron chi connectivity index (χ3n) is 1.61. The maximum atomic E-state index is 11.2. The SMILES string of the molecule is CCC(=O)n1cccc(O)/c1=N/O. The first-order valence-corrected chi connectivity index (χ1v) is 3.82. The van der Waals surface area contributed by atoms with E-state index in [1.165, 1.54) is 18.3 Å². The smallest absolute Gasteiger partial charge is 0.232 e. The molecule has 1 aromatic heterocycles. The molecule has 70 valence electrons. The first kappa shape index (κ1) is 9.31. The van der Waals surface area contributed by atoms with Crippen LogP contribution < -0.4 is 5.49 Å². The molecular weight excluding hydrogens is 172 g/mol. The second kappa shape index (κ2) is 3.75. The van der Waals surface area contributed by atoms with Crippen LogP contribution in [0, 0.1) is 0 Å². The summed E-state index contributed by atoms with van der Waals surface area (Å²) in [5.74, 6) is -0.476. The van der Waals surface area contributed by atoms with Gasteiger partial charge in [0.2, 0.25) is 11.4 Å². The highest BCUT2D eigenvalue weighted by molar-refractivity contribution is 5.78. The number of carbonyl (C=O) groups excluding carboxylic acids is 1. The summed E-state index contributed by atoms with van der Waals surface area (Å²) in [7, 11) is 0. The van der Waals surface area contributed by atoms with Crippen molar-refractivity contribution >= 4 is 5.91 Å². The van der Waals surface area contributed by atoms with Crippen molar-refractivity contribution in [1.29, 1.82) is 0 Å². The maximum absolute atomic E-state index is 11.2. The van der Waals surface area contributed by atoms with E-state index in [2.05, 4.69) is 5.16 Å². The van der Waals surface area contributed by atoms with Gasteiger partial charge in [-0.2, -0.15) is 0 Å². The van der Waals surface area contributed by atoms with E-state index in [0.29, 0.717) is 0 Å². The largest absolute Gasteiger partial charge is 0.504 e. The van der Waals surface area contributed by atoms with Gasteiger partial charge in [0.25, 0.3) is 0 Å². The summed E-state index contributed by atoms with van der Waals surface area (Å²) in [6.07, 6.45) is 1.71. The number of carbonyl (C=O) groups is 1. The molecule has 0 saturated carbocycles. The van der Waals surface area contributed by atoms with Crippen molar-refractivity contribution in [2.24, 2.45) is 5.16 Å². The van der Waals surface area contributed by atoms with E-state index in [9.17, 15) is 9.90 Å². The zero-order valence-electron chi connectivity index (χ0n) is 7.14. The zero-order chi connectivity index (χ0) is 9.84. The molecule has 0 aromatic carbocycles. The van der Waals surface area contributed by atoms with Gasteiger partial charge in [-0.3, -0.25) is 9.36 Å². The highest BCUT2D eigenvalue weighted by Gasteiger charge is 2.05. The van der Waals surface area contributed by atoms with E-state index in [1.54, 1.807) is 6.92 Å². The average molecular weight is 182 g/mol. The number of aromatic nitrogens is 1. The van der Waals surface area contributed by atoms with E-state index in [4.69, 9.17) is 5.21 Å². The van der Waals surface area contributed by atoms with Crippen molar-refractivity contribution in [3.05, 3.63) is 23.8 Å². The Labute approximate surface area is 74.6 Å². The minimum absolute atomic E-state index is 0.144. The normalized spacial score (nSPS) is 11.6. The fourth-order valence-corrected chi connectivity index (χ4v) is 0.960. The van der Waals surface area contributed by atoms with Crippen LogP contribution in [0.5, 0.6) is 5.75 Å². The van der Waals surface area contributed by atoms with Crippen molar-refractivity contribution in [3.8, 4) is 5.75 Å². The molecule has 0 aliphatic rings. The molecule has 0 atom stereocenters. The molecule has 13 heavy (non-hydrogen) atoms. The number of nitrogens with zero attached hydrogens (tertiary/aromatic N) is 2. The molecule has 0 fully saturated rings. The van der Waals surface area contributed by atoms with Gasteiger partial charge in [-0.15, -0.1) is 0 Å². The lowest BCUT2D eigenvalue weighted by atomic mass is 10.4. The predicted octanol–water partition coefficient (Wildman–Crippen LogP) is 0.534. The number of pyridine rings is 1. The molecule has 0 aliphatic carbocycles. The summed E-state index contributed by atoms with van der Waals surface area (Å²) in [5.41, 5.74) is -0.144. The van der Waals surface area contributed by atoms with Crippen molar-refractivity contribution in [1.82, 2.24) is 4.57 Å². The van der Waals surface area contributed by atoms with Gasteiger partial charge in [-0.1, -0.05) is 12.1 Å². The van der Waals surface area contributed by atoms with Gasteiger partial charge in [0.1, 0.15) is 0 Å². The Morgan fingerprint density at radius 2 is 2.38 bits per heavy atom. The summed E-state index contributed by atoms with van der Waals surface area (Å²) in [5, 5.41) is 20.6. The summed E-state index contributed by atoms with van der Waals surface area (Å²) in [4.78, 5) is 11.2. The molecule has 5 heteroatoms. The van der Waals surface area contributed by atoms with Crippen LogP contribution in [-0.2, 0) is 0 Å².